The third kappa shape index (κ3) is 2.89. The molecule has 0 bridgehead atoms. The van der Waals surface area contributed by atoms with Crippen LogP contribution in [0.1, 0.15) is 36.9 Å². The highest BCUT2D eigenvalue weighted by atomic mass is 16.5. The predicted octanol–water partition coefficient (Wildman–Crippen LogP) is 3.69. The number of anilines is 1. The average molecular weight is 293 g/mol. The van der Waals surface area contributed by atoms with Gasteiger partial charge in [0.25, 0.3) is 0 Å². The van der Waals surface area contributed by atoms with E-state index < -0.39 is 0 Å². The van der Waals surface area contributed by atoms with E-state index in [2.05, 4.69) is 28.1 Å². The molecule has 2 aromatic rings. The van der Waals surface area contributed by atoms with E-state index in [-0.39, 0.29) is 0 Å². The molecule has 4 nitrogen and oxygen atoms in total. The summed E-state index contributed by atoms with van der Waals surface area (Å²) in [7, 11) is 0. The number of nitriles is 1. The lowest BCUT2D eigenvalue weighted by atomic mass is 10.0. The van der Waals surface area contributed by atoms with Gasteiger partial charge in [-0.3, -0.25) is 0 Å². The molecule has 0 saturated carbocycles. The van der Waals surface area contributed by atoms with Gasteiger partial charge in [-0.2, -0.15) is 5.26 Å². The first-order chi connectivity index (χ1) is 10.8. The molecule has 3 rings (SSSR count). The molecule has 1 fully saturated rings. The van der Waals surface area contributed by atoms with Gasteiger partial charge in [-0.25, -0.2) is 4.98 Å². The first-order valence-electron chi connectivity index (χ1n) is 7.67. The quantitative estimate of drug-likeness (QED) is 0.862. The molecule has 0 amide bonds. The normalized spacial score (nSPS) is 17.3. The number of benzene rings is 1. The summed E-state index contributed by atoms with van der Waals surface area (Å²) in [6.07, 6.45) is 3.91. The molecule has 1 saturated heterocycles. The standard InChI is InChI=1S/C18H19N3O/c1-2-22-16-8-6-15(7-9-16)17-4-3-11-21(17)18-10-5-14(12-19)13-20-18/h5-10,13,17H,2-4,11H2,1H3. The van der Waals surface area contributed by atoms with Gasteiger partial charge >= 0.3 is 0 Å². The monoisotopic (exact) mass is 293 g/mol. The fraction of sp³-hybridized carbons (Fsp3) is 0.333. The summed E-state index contributed by atoms with van der Waals surface area (Å²) in [4.78, 5) is 6.75. The molecule has 0 spiro atoms. The molecule has 0 N–H and O–H groups in total. The van der Waals surface area contributed by atoms with Gasteiger partial charge in [-0.15, -0.1) is 0 Å². The molecule has 1 atom stereocenters. The highest BCUT2D eigenvalue weighted by Crippen LogP contribution is 2.35. The van der Waals surface area contributed by atoms with Gasteiger partial charge < -0.3 is 9.64 Å². The van der Waals surface area contributed by atoms with Gasteiger partial charge in [0.2, 0.25) is 0 Å². The van der Waals surface area contributed by atoms with Crippen LogP contribution in [0.3, 0.4) is 0 Å². The first-order valence-corrected chi connectivity index (χ1v) is 7.67. The van der Waals surface area contributed by atoms with Crippen molar-refractivity contribution in [3.05, 3.63) is 53.7 Å². The second-order valence-electron chi connectivity index (χ2n) is 5.37. The predicted molar refractivity (Wildman–Crippen MR) is 85.9 cm³/mol. The van der Waals surface area contributed by atoms with Crippen LogP contribution in [-0.2, 0) is 0 Å². The molecule has 1 aliphatic rings. The third-order valence-electron chi connectivity index (χ3n) is 4.00. The Kier molecular flexibility index (Phi) is 4.24. The Balaban J connectivity index is 1.81. The molecule has 1 aliphatic heterocycles. The summed E-state index contributed by atoms with van der Waals surface area (Å²) >= 11 is 0. The van der Waals surface area contributed by atoms with Crippen LogP contribution in [0.5, 0.6) is 5.75 Å². The third-order valence-corrected chi connectivity index (χ3v) is 4.00. The van der Waals surface area contributed by atoms with Crippen molar-refractivity contribution in [3.8, 4) is 11.8 Å². The van der Waals surface area contributed by atoms with E-state index in [4.69, 9.17) is 10.00 Å². The maximum atomic E-state index is 8.88. The van der Waals surface area contributed by atoms with Crippen LogP contribution < -0.4 is 9.64 Å². The van der Waals surface area contributed by atoms with Crippen LogP contribution in [0, 0.1) is 11.3 Å². The second-order valence-corrected chi connectivity index (χ2v) is 5.37. The molecule has 22 heavy (non-hydrogen) atoms. The highest BCUT2D eigenvalue weighted by Gasteiger charge is 2.26. The lowest BCUT2D eigenvalue weighted by molar-refractivity contribution is 0.340. The zero-order valence-corrected chi connectivity index (χ0v) is 12.7. The molecule has 2 heterocycles. The van der Waals surface area contributed by atoms with Crippen molar-refractivity contribution in [1.29, 1.82) is 5.26 Å². The van der Waals surface area contributed by atoms with Crippen LogP contribution in [0.2, 0.25) is 0 Å². The Morgan fingerprint density at radius 1 is 1.27 bits per heavy atom. The van der Waals surface area contributed by atoms with Crippen LogP contribution in [0.25, 0.3) is 0 Å². The van der Waals surface area contributed by atoms with Crippen molar-refractivity contribution < 1.29 is 4.74 Å². The Labute approximate surface area is 131 Å². The van der Waals surface area contributed by atoms with E-state index >= 15 is 0 Å². The maximum Gasteiger partial charge on any atom is 0.129 e. The molecule has 1 unspecified atom stereocenters. The van der Waals surface area contributed by atoms with E-state index in [9.17, 15) is 0 Å². The van der Waals surface area contributed by atoms with Crippen LogP contribution >= 0.6 is 0 Å². The number of rotatable bonds is 4. The topological polar surface area (TPSA) is 49.1 Å². The minimum atomic E-state index is 0.344. The SMILES string of the molecule is CCOc1ccc(C2CCCN2c2ccc(C#N)cn2)cc1. The van der Waals surface area contributed by atoms with E-state index in [0.29, 0.717) is 18.2 Å². The lowest BCUT2D eigenvalue weighted by Crippen LogP contribution is -2.23. The Morgan fingerprint density at radius 3 is 2.73 bits per heavy atom. The summed E-state index contributed by atoms with van der Waals surface area (Å²) in [5, 5.41) is 8.88. The largest absolute Gasteiger partial charge is 0.494 e. The molecular formula is C18H19N3O. The average Bonchev–Trinajstić information content (AvgIpc) is 3.05. The minimum absolute atomic E-state index is 0.344. The Hall–Kier alpha value is -2.54. The zero-order chi connectivity index (χ0) is 15.4. The van der Waals surface area contributed by atoms with E-state index in [1.54, 1.807) is 6.20 Å². The Morgan fingerprint density at radius 2 is 2.09 bits per heavy atom. The summed E-state index contributed by atoms with van der Waals surface area (Å²) in [6, 6.07) is 14.6. The Bertz CT molecular complexity index is 658. The number of nitrogens with zero attached hydrogens (tertiary/aromatic N) is 3. The van der Waals surface area contributed by atoms with Gasteiger partial charge in [0.1, 0.15) is 17.6 Å². The van der Waals surface area contributed by atoms with Gasteiger partial charge in [0, 0.05) is 12.7 Å². The van der Waals surface area contributed by atoms with Crippen LogP contribution in [0.15, 0.2) is 42.6 Å². The maximum absolute atomic E-state index is 8.88. The van der Waals surface area contributed by atoms with Crippen LogP contribution in [-0.4, -0.2) is 18.1 Å². The van der Waals surface area contributed by atoms with Crippen molar-refractivity contribution in [1.82, 2.24) is 4.98 Å². The molecule has 4 heteroatoms. The van der Waals surface area contributed by atoms with Crippen molar-refractivity contribution in [2.24, 2.45) is 0 Å². The fourth-order valence-electron chi connectivity index (χ4n) is 2.96. The van der Waals surface area contributed by atoms with E-state index in [0.717, 1.165) is 31.0 Å². The number of pyridine rings is 1. The van der Waals surface area contributed by atoms with Gasteiger partial charge in [0.05, 0.1) is 18.2 Å². The molecule has 1 aromatic heterocycles. The summed E-state index contributed by atoms with van der Waals surface area (Å²) in [6.45, 7) is 3.67. The van der Waals surface area contributed by atoms with Crippen molar-refractivity contribution in [3.63, 3.8) is 0 Å². The van der Waals surface area contributed by atoms with Crippen LogP contribution in [0.4, 0.5) is 5.82 Å². The number of aromatic nitrogens is 1. The van der Waals surface area contributed by atoms with E-state index in [1.807, 2.05) is 31.2 Å². The van der Waals surface area contributed by atoms with E-state index in [1.165, 1.54) is 5.56 Å². The van der Waals surface area contributed by atoms with Gasteiger partial charge in [-0.1, -0.05) is 12.1 Å². The van der Waals surface area contributed by atoms with Gasteiger partial charge in [-0.05, 0) is 49.6 Å². The molecular weight excluding hydrogens is 274 g/mol. The number of ether oxygens (including phenoxy) is 1. The fourth-order valence-corrected chi connectivity index (χ4v) is 2.96. The summed E-state index contributed by atoms with van der Waals surface area (Å²) in [5.74, 6) is 1.85. The molecule has 0 radical (unpaired) electrons. The number of hydrogen-bond donors (Lipinski definition) is 0. The first kappa shape index (κ1) is 14.4. The minimum Gasteiger partial charge on any atom is -0.494 e. The lowest BCUT2D eigenvalue weighted by Gasteiger charge is -2.26. The number of hydrogen-bond acceptors (Lipinski definition) is 4. The summed E-state index contributed by atoms with van der Waals surface area (Å²) < 4.78 is 5.50. The molecule has 112 valence electrons. The summed E-state index contributed by atoms with van der Waals surface area (Å²) in [5.41, 5.74) is 1.88. The molecule has 1 aromatic carbocycles. The van der Waals surface area contributed by atoms with Crippen molar-refractivity contribution in [2.45, 2.75) is 25.8 Å². The highest BCUT2D eigenvalue weighted by molar-refractivity contribution is 5.46. The molecule has 0 aliphatic carbocycles. The van der Waals surface area contributed by atoms with Crippen molar-refractivity contribution in [2.75, 3.05) is 18.1 Å². The second kappa shape index (κ2) is 6.48. The zero-order valence-electron chi connectivity index (χ0n) is 12.7. The van der Waals surface area contributed by atoms with Gasteiger partial charge in [0.15, 0.2) is 0 Å². The van der Waals surface area contributed by atoms with Crippen molar-refractivity contribution >= 4 is 5.82 Å². The smallest absolute Gasteiger partial charge is 0.129 e.